The second-order valence-electron chi connectivity index (χ2n) is 15.9. The summed E-state index contributed by atoms with van der Waals surface area (Å²) < 4.78 is 2.32. The van der Waals surface area contributed by atoms with E-state index < -0.39 is 0 Å². The largest absolute Gasteiger partial charge is 0.309 e. The first-order chi connectivity index (χ1) is 29.4. The van der Waals surface area contributed by atoms with Crippen LogP contribution in [0.5, 0.6) is 0 Å². The topological polar surface area (TPSA) is 80.3 Å². The molecule has 6 heteroatoms. The SMILES string of the molecule is CC1(C)c2cc(C#N)ccc2-c2ccc(-c3cc(-c4cccnc4)cc(-c4nc(-c5ccccc5)nc(-c5ccc6c(c5)c5ccccc5n6-c5ccccc5)n4)c3)cc21. The summed E-state index contributed by atoms with van der Waals surface area (Å²) in [5, 5.41) is 12.0. The maximum absolute atomic E-state index is 9.70. The van der Waals surface area contributed by atoms with Crippen molar-refractivity contribution in [2.45, 2.75) is 19.3 Å². The van der Waals surface area contributed by atoms with Crippen molar-refractivity contribution in [2.75, 3.05) is 0 Å². The molecule has 7 aromatic carbocycles. The van der Waals surface area contributed by atoms with Crippen LogP contribution in [0.2, 0.25) is 0 Å². The summed E-state index contributed by atoms with van der Waals surface area (Å²) in [6.07, 6.45) is 3.69. The third-order valence-corrected chi connectivity index (χ3v) is 11.9. The fourth-order valence-corrected chi connectivity index (χ4v) is 8.93. The minimum absolute atomic E-state index is 0.278. The Labute approximate surface area is 347 Å². The molecule has 3 aromatic heterocycles. The molecule has 0 unspecified atom stereocenters. The van der Waals surface area contributed by atoms with Crippen LogP contribution in [0.3, 0.4) is 0 Å². The first-order valence-electron chi connectivity index (χ1n) is 20.1. The molecular formula is C54H36N6. The Morgan fingerprint density at radius 1 is 0.467 bits per heavy atom. The highest BCUT2D eigenvalue weighted by Gasteiger charge is 2.36. The van der Waals surface area contributed by atoms with Crippen LogP contribution in [0.25, 0.3) is 95.0 Å². The van der Waals surface area contributed by atoms with Crippen LogP contribution >= 0.6 is 0 Å². The average Bonchev–Trinajstić information content (AvgIpc) is 3.76. The van der Waals surface area contributed by atoms with Crippen molar-refractivity contribution in [1.29, 1.82) is 5.26 Å². The molecule has 10 aromatic rings. The number of hydrogen-bond donors (Lipinski definition) is 0. The Bertz CT molecular complexity index is 3340. The lowest BCUT2D eigenvalue weighted by Gasteiger charge is -2.22. The Hall–Kier alpha value is -8.01. The molecule has 0 saturated carbocycles. The second kappa shape index (κ2) is 13.8. The molecule has 0 atom stereocenters. The number of benzene rings is 7. The van der Waals surface area contributed by atoms with Crippen LogP contribution in [-0.4, -0.2) is 24.5 Å². The maximum atomic E-state index is 9.70. The highest BCUT2D eigenvalue weighted by atomic mass is 15.0. The van der Waals surface area contributed by atoms with Crippen LogP contribution in [-0.2, 0) is 5.41 Å². The molecule has 0 aliphatic heterocycles. The fraction of sp³-hybridized carbons (Fsp3) is 0.0556. The van der Waals surface area contributed by atoms with E-state index in [2.05, 4.69) is 145 Å². The van der Waals surface area contributed by atoms with Crippen molar-refractivity contribution in [2.24, 2.45) is 0 Å². The van der Waals surface area contributed by atoms with E-state index in [0.717, 1.165) is 66.4 Å². The van der Waals surface area contributed by atoms with Gasteiger partial charge in [0.2, 0.25) is 0 Å². The molecule has 0 spiro atoms. The monoisotopic (exact) mass is 768 g/mol. The Morgan fingerprint density at radius 3 is 1.82 bits per heavy atom. The van der Waals surface area contributed by atoms with Crippen LogP contribution in [0.4, 0.5) is 0 Å². The molecule has 1 aliphatic rings. The summed E-state index contributed by atoms with van der Waals surface area (Å²) in [7, 11) is 0. The summed E-state index contributed by atoms with van der Waals surface area (Å²) >= 11 is 0. The molecule has 0 radical (unpaired) electrons. The van der Waals surface area contributed by atoms with E-state index in [1.54, 1.807) is 6.20 Å². The Balaban J connectivity index is 1.10. The molecule has 3 heterocycles. The zero-order valence-electron chi connectivity index (χ0n) is 33.0. The van der Waals surface area contributed by atoms with Gasteiger partial charge in [0.15, 0.2) is 17.5 Å². The second-order valence-corrected chi connectivity index (χ2v) is 15.9. The molecule has 0 amide bonds. The molecule has 60 heavy (non-hydrogen) atoms. The van der Waals surface area contributed by atoms with Gasteiger partial charge in [-0.1, -0.05) is 105 Å². The molecule has 0 N–H and O–H groups in total. The zero-order chi connectivity index (χ0) is 40.4. The van der Waals surface area contributed by atoms with Gasteiger partial charge in [0, 0.05) is 56.5 Å². The molecule has 1 aliphatic carbocycles. The predicted octanol–water partition coefficient (Wildman–Crippen LogP) is 12.9. The minimum atomic E-state index is -0.278. The predicted molar refractivity (Wildman–Crippen MR) is 241 cm³/mol. The fourth-order valence-electron chi connectivity index (χ4n) is 8.93. The number of rotatable bonds is 6. The van der Waals surface area contributed by atoms with Gasteiger partial charge in [0.1, 0.15) is 0 Å². The first kappa shape index (κ1) is 35.2. The van der Waals surface area contributed by atoms with Gasteiger partial charge in [0.25, 0.3) is 0 Å². The number of para-hydroxylation sites is 2. The molecule has 0 bridgehead atoms. The van der Waals surface area contributed by atoms with Crippen LogP contribution in [0.15, 0.2) is 182 Å². The lowest BCUT2D eigenvalue weighted by molar-refractivity contribution is 0.660. The average molecular weight is 769 g/mol. The number of nitrogens with zero attached hydrogens (tertiary/aromatic N) is 6. The van der Waals surface area contributed by atoms with Crippen LogP contribution in [0.1, 0.15) is 30.5 Å². The number of aromatic nitrogens is 5. The standard InChI is InChI=1S/C54H36N6/c1-54(2)47-26-34(32-55)19-22-43(47)44-23-20-36(31-48(44)54)39-27-40(38-14-11-25-56-33-38)29-41(28-39)53-58-51(35-12-5-3-6-13-35)57-52(59-53)37-21-24-50-46(30-37)45-17-9-10-18-49(45)60(50)42-15-7-4-8-16-42/h3-31,33H,1-2H3. The van der Waals surface area contributed by atoms with Gasteiger partial charge in [0.05, 0.1) is 22.7 Å². The summed E-state index contributed by atoms with van der Waals surface area (Å²) in [5.74, 6) is 1.78. The van der Waals surface area contributed by atoms with Gasteiger partial charge in [-0.25, -0.2) is 15.0 Å². The first-order valence-corrected chi connectivity index (χ1v) is 20.1. The van der Waals surface area contributed by atoms with Gasteiger partial charge in [-0.3, -0.25) is 4.98 Å². The van der Waals surface area contributed by atoms with Gasteiger partial charge in [-0.05, 0) is 118 Å². The van der Waals surface area contributed by atoms with Gasteiger partial charge in [-0.2, -0.15) is 5.26 Å². The molecule has 282 valence electrons. The summed E-state index contributed by atoms with van der Waals surface area (Å²) in [6, 6.07) is 61.4. The van der Waals surface area contributed by atoms with E-state index >= 15 is 0 Å². The Morgan fingerprint density at radius 2 is 1.07 bits per heavy atom. The highest BCUT2D eigenvalue weighted by Crippen LogP contribution is 2.50. The third-order valence-electron chi connectivity index (χ3n) is 11.9. The van der Waals surface area contributed by atoms with Crippen LogP contribution in [0, 0.1) is 11.3 Å². The van der Waals surface area contributed by atoms with E-state index in [1.807, 2.05) is 60.8 Å². The zero-order valence-corrected chi connectivity index (χ0v) is 33.0. The minimum Gasteiger partial charge on any atom is -0.309 e. The highest BCUT2D eigenvalue weighted by molar-refractivity contribution is 6.10. The molecule has 0 saturated heterocycles. The number of nitriles is 1. The lowest BCUT2D eigenvalue weighted by Crippen LogP contribution is -2.15. The lowest BCUT2D eigenvalue weighted by atomic mass is 9.81. The molecular weight excluding hydrogens is 733 g/mol. The summed E-state index contributed by atoms with van der Waals surface area (Å²) in [6.45, 7) is 4.49. The summed E-state index contributed by atoms with van der Waals surface area (Å²) in [4.78, 5) is 20.1. The van der Waals surface area contributed by atoms with Crippen molar-refractivity contribution < 1.29 is 0 Å². The van der Waals surface area contributed by atoms with Crippen molar-refractivity contribution in [1.82, 2.24) is 24.5 Å². The van der Waals surface area contributed by atoms with Gasteiger partial charge < -0.3 is 4.57 Å². The number of hydrogen-bond acceptors (Lipinski definition) is 5. The maximum Gasteiger partial charge on any atom is 0.164 e. The number of pyridine rings is 1. The molecule has 11 rings (SSSR count). The normalized spacial score (nSPS) is 12.6. The van der Waals surface area contributed by atoms with Crippen molar-refractivity contribution in [3.63, 3.8) is 0 Å². The van der Waals surface area contributed by atoms with Crippen molar-refractivity contribution in [3.8, 4) is 79.3 Å². The van der Waals surface area contributed by atoms with E-state index in [0.29, 0.717) is 23.0 Å². The molecule has 0 fully saturated rings. The van der Waals surface area contributed by atoms with E-state index in [4.69, 9.17) is 15.0 Å². The van der Waals surface area contributed by atoms with Crippen LogP contribution < -0.4 is 0 Å². The van der Waals surface area contributed by atoms with Crippen molar-refractivity contribution >= 4 is 21.8 Å². The van der Waals surface area contributed by atoms with Gasteiger partial charge >= 0.3 is 0 Å². The summed E-state index contributed by atoms with van der Waals surface area (Å²) in [5.41, 5.74) is 15.4. The van der Waals surface area contributed by atoms with Crippen molar-refractivity contribution in [3.05, 3.63) is 199 Å². The Kier molecular flexibility index (Phi) is 8.11. The van der Waals surface area contributed by atoms with E-state index in [-0.39, 0.29) is 5.41 Å². The molecule has 6 nitrogen and oxygen atoms in total. The van der Waals surface area contributed by atoms with E-state index in [9.17, 15) is 5.26 Å². The smallest absolute Gasteiger partial charge is 0.164 e. The third kappa shape index (κ3) is 5.79. The quantitative estimate of drug-likeness (QED) is 0.168. The van der Waals surface area contributed by atoms with Gasteiger partial charge in [-0.15, -0.1) is 0 Å². The van der Waals surface area contributed by atoms with E-state index in [1.165, 1.54) is 22.3 Å². The number of fused-ring (bicyclic) bond motifs is 6.